The number of amides is 1. The van der Waals surface area contributed by atoms with Crippen molar-refractivity contribution >= 4 is 23.3 Å². The normalized spacial score (nSPS) is 10.2. The topological polar surface area (TPSA) is 102 Å². The lowest BCUT2D eigenvalue weighted by atomic mass is 10.1. The minimum Gasteiger partial charge on any atom is -0.492 e. The van der Waals surface area contributed by atoms with Gasteiger partial charge in [0.25, 0.3) is 0 Å². The third kappa shape index (κ3) is 4.49. The average molecular weight is 328 g/mol. The average Bonchev–Trinajstić information content (AvgIpc) is 2.55. The number of nitrogen functional groups attached to an aromatic ring is 1. The summed E-state index contributed by atoms with van der Waals surface area (Å²) in [6, 6.07) is 11.7. The van der Waals surface area contributed by atoms with Gasteiger partial charge < -0.3 is 20.9 Å². The van der Waals surface area contributed by atoms with E-state index in [1.54, 1.807) is 30.3 Å². The van der Waals surface area contributed by atoms with E-state index in [1.165, 1.54) is 6.07 Å². The lowest BCUT2D eigenvalue weighted by Crippen LogP contribution is -2.15. The van der Waals surface area contributed by atoms with Gasteiger partial charge in [0.15, 0.2) is 0 Å². The smallest absolute Gasteiger partial charge is 0.337 e. The summed E-state index contributed by atoms with van der Waals surface area (Å²) >= 11 is 0. The fraction of sp³-hybridized carbons (Fsp3) is 0.222. The van der Waals surface area contributed by atoms with E-state index >= 15 is 0 Å². The fourth-order valence-electron chi connectivity index (χ4n) is 2.29. The van der Waals surface area contributed by atoms with E-state index in [2.05, 4.69) is 5.32 Å². The molecule has 0 aliphatic rings. The summed E-state index contributed by atoms with van der Waals surface area (Å²) < 4.78 is 5.37. The number of carbonyl (C=O) groups excluding carboxylic acids is 1. The number of nitrogens with two attached hydrogens (primary N) is 1. The molecule has 6 heteroatoms. The van der Waals surface area contributed by atoms with Crippen molar-refractivity contribution in [3.8, 4) is 5.75 Å². The van der Waals surface area contributed by atoms with E-state index in [0.717, 1.165) is 5.56 Å². The number of benzene rings is 2. The van der Waals surface area contributed by atoms with Gasteiger partial charge >= 0.3 is 5.97 Å². The van der Waals surface area contributed by atoms with Crippen LogP contribution in [-0.2, 0) is 11.2 Å². The van der Waals surface area contributed by atoms with E-state index in [-0.39, 0.29) is 17.9 Å². The molecule has 0 aliphatic heterocycles. The molecule has 0 saturated carbocycles. The molecule has 2 aromatic rings. The molecular weight excluding hydrogens is 308 g/mol. The van der Waals surface area contributed by atoms with Crippen LogP contribution in [0, 0.1) is 0 Å². The number of carboxylic acids is 1. The molecule has 0 aliphatic carbocycles. The van der Waals surface area contributed by atoms with Gasteiger partial charge in [-0.1, -0.05) is 18.2 Å². The summed E-state index contributed by atoms with van der Waals surface area (Å²) in [6.07, 6.45) is 0.721. The standard InChI is InChI=1S/C18H20N2O4/c1-2-24-16-9-7-12(11-14(16)19)8-10-17(21)20-15-6-4-3-5-13(15)18(22)23/h3-7,9,11H,2,8,10,19H2,1H3,(H,20,21)(H,22,23). The van der Waals surface area contributed by atoms with Crippen LogP contribution >= 0.6 is 0 Å². The molecule has 0 aromatic heterocycles. The second-order valence-electron chi connectivity index (χ2n) is 5.20. The molecule has 4 N–H and O–H groups in total. The summed E-state index contributed by atoms with van der Waals surface area (Å²) in [5, 5.41) is 11.7. The number of hydrogen-bond acceptors (Lipinski definition) is 4. The van der Waals surface area contributed by atoms with Crippen LogP contribution in [0.5, 0.6) is 5.75 Å². The number of nitrogens with one attached hydrogen (secondary N) is 1. The van der Waals surface area contributed by atoms with E-state index in [1.807, 2.05) is 13.0 Å². The van der Waals surface area contributed by atoms with Crippen molar-refractivity contribution in [3.05, 3.63) is 53.6 Å². The van der Waals surface area contributed by atoms with Crippen LogP contribution in [0.15, 0.2) is 42.5 Å². The minimum atomic E-state index is -1.08. The van der Waals surface area contributed by atoms with Gasteiger partial charge in [-0.05, 0) is 43.2 Å². The number of carbonyl (C=O) groups is 2. The van der Waals surface area contributed by atoms with E-state index < -0.39 is 5.97 Å². The first-order chi connectivity index (χ1) is 11.5. The Morgan fingerprint density at radius 3 is 2.62 bits per heavy atom. The third-order valence-electron chi connectivity index (χ3n) is 3.45. The Morgan fingerprint density at radius 2 is 1.96 bits per heavy atom. The largest absolute Gasteiger partial charge is 0.492 e. The first-order valence-electron chi connectivity index (χ1n) is 7.64. The molecule has 2 aromatic carbocycles. The van der Waals surface area contributed by atoms with Crippen LogP contribution in [0.4, 0.5) is 11.4 Å². The van der Waals surface area contributed by atoms with Crippen LogP contribution in [0.3, 0.4) is 0 Å². The van der Waals surface area contributed by atoms with Gasteiger partial charge in [0.05, 0.1) is 23.5 Å². The molecule has 0 saturated heterocycles. The SMILES string of the molecule is CCOc1ccc(CCC(=O)Nc2ccccc2C(=O)O)cc1N. The molecule has 0 unspecified atom stereocenters. The Bertz CT molecular complexity index is 744. The molecule has 0 atom stereocenters. The van der Waals surface area contributed by atoms with E-state index in [9.17, 15) is 9.59 Å². The number of para-hydroxylation sites is 1. The molecule has 2 rings (SSSR count). The first kappa shape index (κ1) is 17.3. The zero-order valence-corrected chi connectivity index (χ0v) is 13.4. The van der Waals surface area contributed by atoms with Gasteiger partial charge in [-0.15, -0.1) is 0 Å². The third-order valence-corrected chi connectivity index (χ3v) is 3.45. The molecule has 126 valence electrons. The van der Waals surface area contributed by atoms with Gasteiger partial charge in [0.1, 0.15) is 5.75 Å². The fourth-order valence-corrected chi connectivity index (χ4v) is 2.29. The van der Waals surface area contributed by atoms with Gasteiger partial charge in [-0.3, -0.25) is 4.79 Å². The molecule has 0 bridgehead atoms. The monoisotopic (exact) mass is 328 g/mol. The summed E-state index contributed by atoms with van der Waals surface area (Å²) in [5.41, 5.74) is 7.71. The second kappa shape index (κ2) is 8.01. The Labute approximate surface area is 140 Å². The van der Waals surface area contributed by atoms with Crippen LogP contribution in [0.1, 0.15) is 29.3 Å². The molecule has 24 heavy (non-hydrogen) atoms. The molecule has 0 heterocycles. The molecule has 0 radical (unpaired) electrons. The van der Waals surface area contributed by atoms with E-state index in [4.69, 9.17) is 15.6 Å². The van der Waals surface area contributed by atoms with Crippen molar-refractivity contribution < 1.29 is 19.4 Å². The summed E-state index contributed by atoms with van der Waals surface area (Å²) in [5.74, 6) is -0.706. The first-order valence-corrected chi connectivity index (χ1v) is 7.64. The Hall–Kier alpha value is -3.02. The number of rotatable bonds is 7. The summed E-state index contributed by atoms with van der Waals surface area (Å²) in [6.45, 7) is 2.42. The van der Waals surface area contributed by atoms with Crippen molar-refractivity contribution in [1.82, 2.24) is 0 Å². The van der Waals surface area contributed by atoms with Crippen molar-refractivity contribution in [1.29, 1.82) is 0 Å². The van der Waals surface area contributed by atoms with Crippen molar-refractivity contribution in [3.63, 3.8) is 0 Å². The number of aryl methyl sites for hydroxylation is 1. The van der Waals surface area contributed by atoms with Gasteiger partial charge in [-0.25, -0.2) is 4.79 Å². The predicted octanol–water partition coefficient (Wildman–Crippen LogP) is 2.94. The maximum absolute atomic E-state index is 12.1. The molecule has 0 fully saturated rings. The highest BCUT2D eigenvalue weighted by atomic mass is 16.5. The number of hydrogen-bond donors (Lipinski definition) is 3. The highest BCUT2D eigenvalue weighted by molar-refractivity contribution is 6.00. The number of aromatic carboxylic acids is 1. The van der Waals surface area contributed by atoms with E-state index in [0.29, 0.717) is 30.2 Å². The lowest BCUT2D eigenvalue weighted by molar-refractivity contribution is -0.116. The quantitative estimate of drug-likeness (QED) is 0.678. The highest BCUT2D eigenvalue weighted by Crippen LogP contribution is 2.23. The van der Waals surface area contributed by atoms with Crippen LogP contribution in [-0.4, -0.2) is 23.6 Å². The Balaban J connectivity index is 1.97. The Morgan fingerprint density at radius 1 is 1.21 bits per heavy atom. The number of ether oxygens (including phenoxy) is 1. The zero-order chi connectivity index (χ0) is 17.5. The van der Waals surface area contributed by atoms with Crippen LogP contribution in [0.2, 0.25) is 0 Å². The predicted molar refractivity (Wildman–Crippen MR) is 92.4 cm³/mol. The summed E-state index contributed by atoms with van der Waals surface area (Å²) in [7, 11) is 0. The van der Waals surface area contributed by atoms with Crippen LogP contribution in [0.25, 0.3) is 0 Å². The lowest BCUT2D eigenvalue weighted by Gasteiger charge is -2.10. The number of carboxylic acid groups (broad SMARTS) is 1. The maximum atomic E-state index is 12.1. The van der Waals surface area contributed by atoms with Gasteiger partial charge in [-0.2, -0.15) is 0 Å². The van der Waals surface area contributed by atoms with Gasteiger partial charge in [0, 0.05) is 6.42 Å². The molecule has 0 spiro atoms. The molecule has 6 nitrogen and oxygen atoms in total. The summed E-state index contributed by atoms with van der Waals surface area (Å²) in [4.78, 5) is 23.2. The van der Waals surface area contributed by atoms with Crippen molar-refractivity contribution in [2.45, 2.75) is 19.8 Å². The number of anilines is 2. The van der Waals surface area contributed by atoms with Crippen molar-refractivity contribution in [2.24, 2.45) is 0 Å². The second-order valence-corrected chi connectivity index (χ2v) is 5.20. The highest BCUT2D eigenvalue weighted by Gasteiger charge is 2.12. The van der Waals surface area contributed by atoms with Crippen LogP contribution < -0.4 is 15.8 Å². The Kier molecular flexibility index (Phi) is 5.78. The van der Waals surface area contributed by atoms with Crippen molar-refractivity contribution in [2.75, 3.05) is 17.7 Å². The molecule has 1 amide bonds. The minimum absolute atomic E-state index is 0.0659. The molecular formula is C18H20N2O4. The maximum Gasteiger partial charge on any atom is 0.337 e. The zero-order valence-electron chi connectivity index (χ0n) is 13.4. The van der Waals surface area contributed by atoms with Gasteiger partial charge in [0.2, 0.25) is 5.91 Å².